The molecule has 1 fully saturated rings. The van der Waals surface area contributed by atoms with Gasteiger partial charge in [-0.3, -0.25) is 0 Å². The summed E-state index contributed by atoms with van der Waals surface area (Å²) in [5.41, 5.74) is 6.09. The number of anilines is 3. The van der Waals surface area contributed by atoms with Crippen molar-refractivity contribution in [2.24, 2.45) is 5.84 Å². The molecule has 1 aliphatic carbocycles. The maximum atomic E-state index is 5.48. The third kappa shape index (κ3) is 2.88. The first kappa shape index (κ1) is 12.9. The minimum absolute atomic E-state index is 0.489. The van der Waals surface area contributed by atoms with Crippen LogP contribution >= 0.6 is 0 Å². The molecule has 20 heavy (non-hydrogen) atoms. The highest BCUT2D eigenvalue weighted by Gasteiger charge is 2.27. The summed E-state index contributed by atoms with van der Waals surface area (Å²) in [6.45, 7) is 4.17. The molecule has 1 aliphatic rings. The average Bonchev–Trinajstić information content (AvgIpc) is 3.21. The Hall–Kier alpha value is -2.14. The predicted molar refractivity (Wildman–Crippen MR) is 81.0 cm³/mol. The Kier molecular flexibility index (Phi) is 3.28. The second-order valence-electron chi connectivity index (χ2n) is 5.42. The zero-order valence-electron chi connectivity index (χ0n) is 11.8. The molecule has 104 valence electrons. The van der Waals surface area contributed by atoms with Gasteiger partial charge >= 0.3 is 0 Å². The molecule has 0 saturated heterocycles. The van der Waals surface area contributed by atoms with Gasteiger partial charge in [0.05, 0.1) is 0 Å². The molecular weight excluding hydrogens is 250 g/mol. The summed E-state index contributed by atoms with van der Waals surface area (Å²) in [6, 6.07) is 8.17. The van der Waals surface area contributed by atoms with Crippen LogP contribution in [0.2, 0.25) is 0 Å². The molecule has 0 radical (unpaired) electrons. The molecule has 1 saturated carbocycles. The standard InChI is InChI=1S/C15H19N5/c1-9-5-10(2)7-12(6-9)17-13-8-14(20-16)19-15(18-13)11-3-4-11/h5-8,11H,3-4,16H2,1-2H3,(H2,17,18,19,20). The zero-order chi connectivity index (χ0) is 14.1. The van der Waals surface area contributed by atoms with E-state index in [1.165, 1.54) is 11.1 Å². The third-order valence-corrected chi connectivity index (χ3v) is 3.33. The SMILES string of the molecule is Cc1cc(C)cc(Nc2cc(NN)nc(C3CC3)n2)c1. The predicted octanol–water partition coefficient (Wildman–Crippen LogP) is 3.00. The van der Waals surface area contributed by atoms with Crippen LogP contribution in [0.15, 0.2) is 24.3 Å². The first-order valence-corrected chi connectivity index (χ1v) is 6.85. The van der Waals surface area contributed by atoms with Gasteiger partial charge in [0.1, 0.15) is 17.5 Å². The number of nitrogens with two attached hydrogens (primary N) is 1. The Morgan fingerprint density at radius 1 is 1.00 bits per heavy atom. The van der Waals surface area contributed by atoms with Crippen LogP contribution in [0.25, 0.3) is 0 Å². The lowest BCUT2D eigenvalue weighted by molar-refractivity contribution is 0.929. The molecule has 5 nitrogen and oxygen atoms in total. The fourth-order valence-electron chi connectivity index (χ4n) is 2.32. The van der Waals surface area contributed by atoms with E-state index in [0.717, 1.165) is 30.2 Å². The lowest BCUT2D eigenvalue weighted by Crippen LogP contribution is -2.11. The van der Waals surface area contributed by atoms with Crippen molar-refractivity contribution in [1.29, 1.82) is 0 Å². The van der Waals surface area contributed by atoms with Crippen LogP contribution in [-0.4, -0.2) is 9.97 Å². The van der Waals surface area contributed by atoms with E-state index < -0.39 is 0 Å². The summed E-state index contributed by atoms with van der Waals surface area (Å²) in [6.07, 6.45) is 2.33. The Morgan fingerprint density at radius 3 is 2.25 bits per heavy atom. The number of hydrogen-bond acceptors (Lipinski definition) is 5. The summed E-state index contributed by atoms with van der Waals surface area (Å²) >= 11 is 0. The van der Waals surface area contributed by atoms with Crippen molar-refractivity contribution >= 4 is 17.3 Å². The molecule has 0 atom stereocenters. The molecule has 5 heteroatoms. The largest absolute Gasteiger partial charge is 0.340 e. The number of nitrogens with zero attached hydrogens (tertiary/aromatic N) is 2. The molecular formula is C15H19N5. The van der Waals surface area contributed by atoms with Crippen molar-refractivity contribution in [3.63, 3.8) is 0 Å². The molecule has 2 aromatic rings. The van der Waals surface area contributed by atoms with E-state index in [9.17, 15) is 0 Å². The molecule has 1 aromatic heterocycles. The van der Waals surface area contributed by atoms with E-state index in [0.29, 0.717) is 11.7 Å². The van der Waals surface area contributed by atoms with Gasteiger partial charge in [0.2, 0.25) is 0 Å². The van der Waals surface area contributed by atoms with Gasteiger partial charge in [0.25, 0.3) is 0 Å². The Balaban J connectivity index is 1.90. The first-order chi connectivity index (χ1) is 9.64. The summed E-state index contributed by atoms with van der Waals surface area (Å²) < 4.78 is 0. The van der Waals surface area contributed by atoms with E-state index in [1.54, 1.807) is 0 Å². The monoisotopic (exact) mass is 269 g/mol. The smallest absolute Gasteiger partial charge is 0.145 e. The minimum atomic E-state index is 0.489. The van der Waals surface area contributed by atoms with E-state index >= 15 is 0 Å². The van der Waals surface area contributed by atoms with Gasteiger partial charge in [-0.2, -0.15) is 0 Å². The quantitative estimate of drug-likeness (QED) is 0.587. The highest BCUT2D eigenvalue weighted by atomic mass is 15.3. The summed E-state index contributed by atoms with van der Waals surface area (Å²) in [5.74, 6) is 8.26. The molecule has 0 unspecified atom stereocenters. The van der Waals surface area contributed by atoms with Gasteiger partial charge in [-0.1, -0.05) is 6.07 Å². The molecule has 4 N–H and O–H groups in total. The van der Waals surface area contributed by atoms with Gasteiger partial charge < -0.3 is 10.7 Å². The first-order valence-electron chi connectivity index (χ1n) is 6.85. The van der Waals surface area contributed by atoms with Crippen molar-refractivity contribution in [2.75, 3.05) is 10.7 Å². The number of aryl methyl sites for hydroxylation is 2. The Morgan fingerprint density at radius 2 is 1.65 bits per heavy atom. The second kappa shape index (κ2) is 5.09. The molecule has 0 aliphatic heterocycles. The van der Waals surface area contributed by atoms with E-state index in [2.05, 4.69) is 52.8 Å². The normalized spacial score (nSPS) is 14.2. The van der Waals surface area contributed by atoms with Gasteiger partial charge in [-0.25, -0.2) is 15.8 Å². The Labute approximate surface area is 118 Å². The van der Waals surface area contributed by atoms with Gasteiger partial charge in [-0.05, 0) is 49.9 Å². The molecule has 1 heterocycles. The average molecular weight is 269 g/mol. The molecule has 1 aromatic carbocycles. The zero-order valence-corrected chi connectivity index (χ0v) is 11.8. The lowest BCUT2D eigenvalue weighted by Gasteiger charge is -2.10. The van der Waals surface area contributed by atoms with E-state index in [-0.39, 0.29) is 0 Å². The van der Waals surface area contributed by atoms with Crippen molar-refractivity contribution in [3.05, 3.63) is 41.2 Å². The highest BCUT2D eigenvalue weighted by Crippen LogP contribution is 2.39. The van der Waals surface area contributed by atoms with Crippen LogP contribution in [0.3, 0.4) is 0 Å². The molecule has 3 rings (SSSR count). The summed E-state index contributed by atoms with van der Waals surface area (Å²) in [5, 5.41) is 3.34. The number of aromatic nitrogens is 2. The number of nitrogen functional groups attached to an aromatic ring is 1. The lowest BCUT2D eigenvalue weighted by atomic mass is 10.1. The van der Waals surface area contributed by atoms with E-state index in [1.807, 2.05) is 6.07 Å². The third-order valence-electron chi connectivity index (χ3n) is 3.33. The van der Waals surface area contributed by atoms with Crippen LogP contribution in [0, 0.1) is 13.8 Å². The van der Waals surface area contributed by atoms with Crippen LogP contribution in [0.1, 0.15) is 35.7 Å². The van der Waals surface area contributed by atoms with E-state index in [4.69, 9.17) is 5.84 Å². The molecule has 0 amide bonds. The van der Waals surface area contributed by atoms with Crippen molar-refractivity contribution < 1.29 is 0 Å². The van der Waals surface area contributed by atoms with Crippen LogP contribution in [-0.2, 0) is 0 Å². The minimum Gasteiger partial charge on any atom is -0.340 e. The maximum Gasteiger partial charge on any atom is 0.145 e. The van der Waals surface area contributed by atoms with Crippen LogP contribution < -0.4 is 16.6 Å². The van der Waals surface area contributed by atoms with Gasteiger partial charge in [0.15, 0.2) is 0 Å². The number of rotatable bonds is 4. The van der Waals surface area contributed by atoms with Crippen molar-refractivity contribution in [3.8, 4) is 0 Å². The van der Waals surface area contributed by atoms with Crippen LogP contribution in [0.4, 0.5) is 17.3 Å². The van der Waals surface area contributed by atoms with Crippen molar-refractivity contribution in [1.82, 2.24) is 9.97 Å². The maximum absolute atomic E-state index is 5.48. The molecule has 0 bridgehead atoms. The summed E-state index contributed by atoms with van der Waals surface area (Å²) in [7, 11) is 0. The Bertz CT molecular complexity index is 614. The second-order valence-corrected chi connectivity index (χ2v) is 5.42. The number of benzene rings is 1. The number of hydrogen-bond donors (Lipinski definition) is 3. The number of nitrogens with one attached hydrogen (secondary N) is 2. The number of hydrazine groups is 1. The fraction of sp³-hybridized carbons (Fsp3) is 0.333. The topological polar surface area (TPSA) is 75.9 Å². The summed E-state index contributed by atoms with van der Waals surface area (Å²) in [4.78, 5) is 8.98. The van der Waals surface area contributed by atoms with Gasteiger partial charge in [0, 0.05) is 17.7 Å². The highest BCUT2D eigenvalue weighted by molar-refractivity contribution is 5.60. The molecule has 0 spiro atoms. The van der Waals surface area contributed by atoms with Gasteiger partial charge in [-0.15, -0.1) is 0 Å². The fourth-order valence-corrected chi connectivity index (χ4v) is 2.32. The van der Waals surface area contributed by atoms with Crippen LogP contribution in [0.5, 0.6) is 0 Å². The van der Waals surface area contributed by atoms with Crippen molar-refractivity contribution in [2.45, 2.75) is 32.6 Å².